The average Bonchev–Trinajstić information content (AvgIpc) is 3.40. The monoisotopic (exact) mass is 1080 g/mol. The summed E-state index contributed by atoms with van der Waals surface area (Å²) in [5.41, 5.74) is 13.7. The molecule has 0 aliphatic carbocycles. The molecule has 0 bridgehead atoms. The van der Waals surface area contributed by atoms with E-state index in [1.54, 1.807) is 91.0 Å². The molecule has 0 aliphatic rings. The van der Waals surface area contributed by atoms with E-state index in [4.69, 9.17) is 11.5 Å². The highest BCUT2D eigenvalue weighted by atomic mass is 32.1. The first kappa shape index (κ1) is 60.7. The van der Waals surface area contributed by atoms with Crippen LogP contribution in [0.2, 0.25) is 0 Å². The van der Waals surface area contributed by atoms with Crippen molar-refractivity contribution in [1.29, 1.82) is 0 Å². The van der Waals surface area contributed by atoms with Gasteiger partial charge in [-0.05, 0) is 47.2 Å². The van der Waals surface area contributed by atoms with Crippen LogP contribution in [0, 0.1) is 0 Å². The fraction of sp³-hybridized carbons (Fsp3) is 0.327. The van der Waals surface area contributed by atoms with E-state index in [-0.39, 0.29) is 37.2 Å². The normalized spacial score (nSPS) is 13.5. The Morgan fingerprint density at radius 2 is 0.870 bits per heavy atom. The summed E-state index contributed by atoms with van der Waals surface area (Å²) in [6.07, 6.45) is -2.16. The van der Waals surface area contributed by atoms with Gasteiger partial charge in [-0.3, -0.25) is 47.9 Å². The van der Waals surface area contributed by atoms with Gasteiger partial charge < -0.3 is 69.3 Å². The molecule has 15 N–H and O–H groups in total. The Bertz CT molecular complexity index is 2690. The summed E-state index contributed by atoms with van der Waals surface area (Å²) in [5.74, 6) is -11.5. The minimum Gasteiger partial charge on any atom is -0.508 e. The van der Waals surface area contributed by atoms with Gasteiger partial charge >= 0.3 is 11.9 Å². The maximum absolute atomic E-state index is 14.3. The number of benzene rings is 4. The maximum Gasteiger partial charge on any atom is 0.326 e. The number of rotatable bonds is 31. The minimum atomic E-state index is -1.61. The van der Waals surface area contributed by atoms with Crippen molar-refractivity contribution in [2.24, 2.45) is 11.5 Å². The molecule has 77 heavy (non-hydrogen) atoms. The van der Waals surface area contributed by atoms with Crippen LogP contribution in [0.25, 0.3) is 0 Å². The molecular weight excluding hydrogens is 1020 g/mol. The highest BCUT2D eigenvalue weighted by Crippen LogP contribution is 2.13. The quantitative estimate of drug-likeness (QED) is 0.0240. The number of nitrogens with one attached hydrogen (secondary N) is 8. The Morgan fingerprint density at radius 1 is 0.455 bits per heavy atom. The summed E-state index contributed by atoms with van der Waals surface area (Å²) in [6.45, 7) is -1.55. The number of aliphatic carboxylic acids is 2. The van der Waals surface area contributed by atoms with Crippen LogP contribution in [-0.2, 0) is 78.4 Å². The molecule has 7 atom stereocenters. The molecule has 0 fully saturated rings. The average molecular weight is 1080 g/mol. The van der Waals surface area contributed by atoms with Gasteiger partial charge in [0.25, 0.3) is 0 Å². The Morgan fingerprint density at radius 3 is 1.35 bits per heavy atom. The van der Waals surface area contributed by atoms with Crippen molar-refractivity contribution in [3.05, 3.63) is 138 Å². The first-order valence-electron chi connectivity index (χ1n) is 24.1. The van der Waals surface area contributed by atoms with Crippen molar-refractivity contribution in [1.82, 2.24) is 42.5 Å². The minimum absolute atomic E-state index is 0.0539. The van der Waals surface area contributed by atoms with Crippen molar-refractivity contribution in [3.8, 4) is 5.75 Å². The van der Waals surface area contributed by atoms with Crippen LogP contribution in [-0.4, -0.2) is 142 Å². The topological polar surface area (TPSA) is 397 Å². The molecule has 0 saturated heterocycles. The van der Waals surface area contributed by atoms with Gasteiger partial charge in [0.1, 0.15) is 42.0 Å². The Balaban J connectivity index is 1.40. The largest absolute Gasteiger partial charge is 0.508 e. The SMILES string of the molecule is NC(=O)C[C@H](NC(=O)[C@@H](N)Cc1ccccc1)C(=O)N[C@@H](CS)C(=O)NCC(=O)NCC(=O)N[C@@H](CCC(=O)O)C(=O)N[C@@H](Cc1ccccc1)C(=O)N[C@@H](Cc1ccccc1)C(=O)N[C@@H](Cc1ccc(O)cc1)C(=O)O. The van der Waals surface area contributed by atoms with E-state index in [2.05, 4.69) is 55.2 Å². The Hall–Kier alpha value is -8.84. The van der Waals surface area contributed by atoms with E-state index in [9.17, 15) is 68.1 Å². The van der Waals surface area contributed by atoms with Gasteiger partial charge in [-0.15, -0.1) is 0 Å². The number of carbonyl (C=O) groups is 11. The molecule has 0 saturated carbocycles. The molecule has 410 valence electrons. The van der Waals surface area contributed by atoms with E-state index in [1.165, 1.54) is 24.3 Å². The lowest BCUT2D eigenvalue weighted by Gasteiger charge is -2.26. The fourth-order valence-electron chi connectivity index (χ4n) is 7.43. The summed E-state index contributed by atoms with van der Waals surface area (Å²) in [4.78, 5) is 143. The van der Waals surface area contributed by atoms with E-state index in [1.807, 2.05) is 0 Å². The lowest BCUT2D eigenvalue weighted by molar-refractivity contribution is -0.142. The van der Waals surface area contributed by atoms with Crippen LogP contribution in [0.15, 0.2) is 115 Å². The number of hydrogen-bond donors (Lipinski definition) is 14. The predicted octanol–water partition coefficient (Wildman–Crippen LogP) is -2.11. The molecule has 4 aromatic rings. The predicted molar refractivity (Wildman–Crippen MR) is 280 cm³/mol. The number of amides is 9. The first-order chi connectivity index (χ1) is 36.7. The van der Waals surface area contributed by atoms with Crippen molar-refractivity contribution >= 4 is 77.7 Å². The standard InChI is InChI=1S/C52H62N10O14S/c53-35(22-30-10-4-1-5-11-30)46(69)58-39(26-42(54)64)51(74)62-41(29-77)47(70)56-27-43(65)55-28-44(66)57-36(20-21-45(67)68)48(71)59-37(23-31-12-6-2-7-13-31)49(72)60-38(24-32-14-8-3-9-15-32)50(73)61-40(52(75)76)25-33-16-18-34(63)19-17-33/h1-19,35-41,63,77H,20-29,53H2,(H2,54,64)(H,55,65)(H,56,70)(H,57,66)(H,58,69)(H,59,71)(H,60,72)(H,61,73)(H,62,74)(H,67,68)(H,75,76)/t35-,36-,37-,38-,39-,40-,41-/m0/s1. The van der Waals surface area contributed by atoms with E-state index >= 15 is 0 Å². The number of thiol groups is 1. The number of phenols is 1. The zero-order chi connectivity index (χ0) is 56.4. The highest BCUT2D eigenvalue weighted by molar-refractivity contribution is 7.80. The molecule has 0 radical (unpaired) electrons. The second-order valence-electron chi connectivity index (χ2n) is 17.6. The van der Waals surface area contributed by atoms with Gasteiger partial charge in [-0.2, -0.15) is 12.6 Å². The van der Waals surface area contributed by atoms with Crippen LogP contribution in [0.1, 0.15) is 41.5 Å². The molecule has 25 heteroatoms. The van der Waals surface area contributed by atoms with Crippen molar-refractivity contribution in [3.63, 3.8) is 0 Å². The molecule has 4 aromatic carbocycles. The number of nitrogens with two attached hydrogens (primary N) is 2. The summed E-state index contributed by atoms with van der Waals surface area (Å²) >= 11 is 4.09. The summed E-state index contributed by atoms with van der Waals surface area (Å²) in [5, 5.41) is 48.4. The second-order valence-corrected chi connectivity index (χ2v) is 18.0. The summed E-state index contributed by atoms with van der Waals surface area (Å²) in [7, 11) is 0. The van der Waals surface area contributed by atoms with Crippen LogP contribution in [0.3, 0.4) is 0 Å². The number of carbonyl (C=O) groups excluding carboxylic acids is 9. The number of carboxylic acids is 2. The number of primary amides is 1. The summed E-state index contributed by atoms with van der Waals surface area (Å²) < 4.78 is 0. The molecule has 4 rings (SSSR count). The van der Waals surface area contributed by atoms with Crippen LogP contribution in [0.4, 0.5) is 0 Å². The van der Waals surface area contributed by atoms with E-state index in [0.717, 1.165) is 5.56 Å². The van der Waals surface area contributed by atoms with Crippen LogP contribution < -0.4 is 54.0 Å². The third kappa shape index (κ3) is 21.9. The van der Waals surface area contributed by atoms with E-state index in [0.29, 0.717) is 16.7 Å². The van der Waals surface area contributed by atoms with Gasteiger partial charge in [0.15, 0.2) is 0 Å². The zero-order valence-corrected chi connectivity index (χ0v) is 42.4. The van der Waals surface area contributed by atoms with Gasteiger partial charge in [0.05, 0.1) is 25.6 Å². The molecular formula is C52H62N10O14S. The van der Waals surface area contributed by atoms with Crippen LogP contribution in [0.5, 0.6) is 5.75 Å². The molecule has 24 nitrogen and oxygen atoms in total. The fourth-order valence-corrected chi connectivity index (χ4v) is 7.69. The van der Waals surface area contributed by atoms with E-state index < -0.39 is 140 Å². The Kier molecular flexibility index (Phi) is 24.6. The maximum atomic E-state index is 14.3. The summed E-state index contributed by atoms with van der Waals surface area (Å²) in [6, 6.07) is 21.2. The number of phenolic OH excluding ortho intramolecular Hbond substituents is 1. The Labute approximate surface area is 447 Å². The van der Waals surface area contributed by atoms with Crippen molar-refractivity contribution in [2.75, 3.05) is 18.8 Å². The molecule has 0 aliphatic heterocycles. The molecule has 0 aromatic heterocycles. The zero-order valence-electron chi connectivity index (χ0n) is 41.5. The van der Waals surface area contributed by atoms with Crippen molar-refractivity contribution < 1.29 is 68.1 Å². The smallest absolute Gasteiger partial charge is 0.326 e. The van der Waals surface area contributed by atoms with Gasteiger partial charge in [-0.25, -0.2) is 4.79 Å². The van der Waals surface area contributed by atoms with Gasteiger partial charge in [0.2, 0.25) is 53.2 Å². The number of aromatic hydroxyl groups is 1. The van der Waals surface area contributed by atoms with Gasteiger partial charge in [-0.1, -0.05) is 103 Å². The molecule has 0 spiro atoms. The second kappa shape index (κ2) is 31.1. The lowest BCUT2D eigenvalue weighted by Crippen LogP contribution is -2.59. The van der Waals surface area contributed by atoms with Crippen LogP contribution >= 0.6 is 12.6 Å². The molecule has 9 amide bonds. The first-order valence-corrected chi connectivity index (χ1v) is 24.7. The molecule has 0 heterocycles. The van der Waals surface area contributed by atoms with Crippen molar-refractivity contribution in [2.45, 2.75) is 87.2 Å². The number of carboxylic acid groups (broad SMARTS) is 2. The van der Waals surface area contributed by atoms with Gasteiger partial charge in [0, 0.05) is 31.4 Å². The third-order valence-corrected chi connectivity index (χ3v) is 11.8. The number of hydrogen-bond acceptors (Lipinski definition) is 14. The molecule has 0 unspecified atom stereocenters. The lowest BCUT2D eigenvalue weighted by atomic mass is 10.0. The third-order valence-electron chi connectivity index (χ3n) is 11.5. The highest BCUT2D eigenvalue weighted by Gasteiger charge is 2.33.